The van der Waals surface area contributed by atoms with Gasteiger partial charge in [0.05, 0.1) is 28.5 Å². The number of halogens is 2. The van der Waals surface area contributed by atoms with Crippen molar-refractivity contribution in [3.63, 3.8) is 0 Å². The third-order valence-electron chi connectivity index (χ3n) is 5.07. The fourth-order valence-corrected chi connectivity index (χ4v) is 4.56. The van der Waals surface area contributed by atoms with Crippen LogP contribution in [0.2, 0.25) is 10.0 Å². The lowest BCUT2D eigenvalue weighted by Crippen LogP contribution is -2.25. The Balaban J connectivity index is 1.85. The van der Waals surface area contributed by atoms with Gasteiger partial charge in [0, 0.05) is 5.02 Å². The molecule has 3 rings (SSSR count). The highest BCUT2D eigenvalue weighted by molar-refractivity contribution is 8.00. The van der Waals surface area contributed by atoms with Crippen molar-refractivity contribution >= 4 is 46.6 Å². The number of carbonyl (C=O) groups is 1. The van der Waals surface area contributed by atoms with E-state index >= 15 is 0 Å². The van der Waals surface area contributed by atoms with Crippen LogP contribution in [0.4, 0.5) is 5.69 Å². The molecule has 9 heteroatoms. The standard InChI is InChI=1S/C23H27Cl2N5OS/c1-5-20(29(3)4)21-27-28-23(30(21)14-16-9-7-6-8-10-16)32-15(2)22(31)26-19-13-17(24)11-12-18(19)25/h6-13,15,20H,5,14H2,1-4H3,(H,26,31)/t15-,20-/m0/s1. The lowest BCUT2D eigenvalue weighted by atomic mass is 10.2. The minimum absolute atomic E-state index is 0.120. The average molecular weight is 492 g/mol. The van der Waals surface area contributed by atoms with Gasteiger partial charge in [-0.15, -0.1) is 10.2 Å². The Morgan fingerprint density at radius 1 is 1.16 bits per heavy atom. The van der Waals surface area contributed by atoms with Crippen molar-refractivity contribution in [3.8, 4) is 0 Å². The first-order valence-electron chi connectivity index (χ1n) is 10.4. The van der Waals surface area contributed by atoms with Crippen molar-refractivity contribution in [2.24, 2.45) is 0 Å². The average Bonchev–Trinajstić information content (AvgIpc) is 3.13. The number of hydrogen-bond acceptors (Lipinski definition) is 5. The molecule has 1 heterocycles. The molecule has 0 spiro atoms. The van der Waals surface area contributed by atoms with Gasteiger partial charge in [0.25, 0.3) is 0 Å². The predicted molar refractivity (Wildman–Crippen MR) is 133 cm³/mol. The topological polar surface area (TPSA) is 63.1 Å². The maximum absolute atomic E-state index is 12.9. The molecule has 3 aromatic rings. The predicted octanol–water partition coefficient (Wildman–Crippen LogP) is 5.77. The van der Waals surface area contributed by atoms with E-state index in [2.05, 4.69) is 44.0 Å². The van der Waals surface area contributed by atoms with Crippen LogP contribution in [0.5, 0.6) is 0 Å². The Hall–Kier alpha value is -2.06. The molecule has 0 aliphatic carbocycles. The molecular formula is C23H27Cl2N5OS. The van der Waals surface area contributed by atoms with Crippen molar-refractivity contribution < 1.29 is 4.79 Å². The summed E-state index contributed by atoms with van der Waals surface area (Å²) < 4.78 is 2.10. The van der Waals surface area contributed by atoms with Crippen LogP contribution in [0.25, 0.3) is 0 Å². The monoisotopic (exact) mass is 491 g/mol. The van der Waals surface area contributed by atoms with Crippen LogP contribution in [0, 0.1) is 0 Å². The summed E-state index contributed by atoms with van der Waals surface area (Å²) in [5.41, 5.74) is 1.63. The number of benzene rings is 2. The molecular weight excluding hydrogens is 465 g/mol. The van der Waals surface area contributed by atoms with Gasteiger partial charge >= 0.3 is 0 Å². The number of nitrogens with one attached hydrogen (secondary N) is 1. The SMILES string of the molecule is CC[C@@H](c1nnc(S[C@@H](C)C(=O)Nc2cc(Cl)ccc2Cl)n1Cc1ccccc1)N(C)C. The van der Waals surface area contributed by atoms with Gasteiger partial charge < -0.3 is 9.88 Å². The number of carbonyl (C=O) groups excluding carboxylic acids is 1. The molecule has 0 radical (unpaired) electrons. The van der Waals surface area contributed by atoms with E-state index in [1.807, 2.05) is 39.2 Å². The molecule has 0 aliphatic heterocycles. The highest BCUT2D eigenvalue weighted by Gasteiger charge is 2.25. The van der Waals surface area contributed by atoms with Gasteiger partial charge in [0.2, 0.25) is 5.91 Å². The number of aromatic nitrogens is 3. The van der Waals surface area contributed by atoms with Crippen LogP contribution >= 0.6 is 35.0 Å². The maximum Gasteiger partial charge on any atom is 0.237 e. The van der Waals surface area contributed by atoms with Crippen molar-refractivity contribution in [2.45, 2.75) is 43.3 Å². The van der Waals surface area contributed by atoms with Gasteiger partial charge in [0.15, 0.2) is 11.0 Å². The maximum atomic E-state index is 12.9. The molecule has 0 bridgehead atoms. The van der Waals surface area contributed by atoms with Crippen molar-refractivity contribution in [1.82, 2.24) is 19.7 Å². The lowest BCUT2D eigenvalue weighted by molar-refractivity contribution is -0.115. The number of nitrogens with zero attached hydrogens (tertiary/aromatic N) is 4. The largest absolute Gasteiger partial charge is 0.324 e. The minimum atomic E-state index is -0.420. The zero-order valence-electron chi connectivity index (χ0n) is 18.5. The summed E-state index contributed by atoms with van der Waals surface area (Å²) in [6.07, 6.45) is 0.897. The third kappa shape index (κ3) is 6.04. The van der Waals surface area contributed by atoms with Crippen LogP contribution in [0.3, 0.4) is 0 Å². The van der Waals surface area contributed by atoms with Crippen LogP contribution in [-0.4, -0.2) is 44.9 Å². The van der Waals surface area contributed by atoms with E-state index < -0.39 is 5.25 Å². The van der Waals surface area contributed by atoms with Crippen molar-refractivity contribution in [2.75, 3.05) is 19.4 Å². The molecule has 6 nitrogen and oxygen atoms in total. The molecule has 0 unspecified atom stereocenters. The molecule has 2 aromatic carbocycles. The molecule has 1 aromatic heterocycles. The number of anilines is 1. The first kappa shape index (κ1) is 24.6. The Morgan fingerprint density at radius 2 is 1.88 bits per heavy atom. The summed E-state index contributed by atoms with van der Waals surface area (Å²) in [7, 11) is 4.07. The van der Waals surface area contributed by atoms with Gasteiger partial charge in [0.1, 0.15) is 0 Å². The number of thioether (sulfide) groups is 1. The van der Waals surface area contributed by atoms with Crippen LogP contribution in [-0.2, 0) is 11.3 Å². The highest BCUT2D eigenvalue weighted by atomic mass is 35.5. The van der Waals surface area contributed by atoms with E-state index in [-0.39, 0.29) is 11.9 Å². The summed E-state index contributed by atoms with van der Waals surface area (Å²) in [5, 5.41) is 13.0. The van der Waals surface area contributed by atoms with E-state index in [1.54, 1.807) is 18.2 Å². The highest BCUT2D eigenvalue weighted by Crippen LogP contribution is 2.30. The molecule has 0 fully saturated rings. The van der Waals surface area contributed by atoms with E-state index in [4.69, 9.17) is 23.2 Å². The van der Waals surface area contributed by atoms with E-state index in [0.29, 0.717) is 27.4 Å². The zero-order valence-corrected chi connectivity index (χ0v) is 20.9. The van der Waals surface area contributed by atoms with E-state index in [0.717, 1.165) is 17.8 Å². The fourth-order valence-electron chi connectivity index (χ4n) is 3.37. The van der Waals surface area contributed by atoms with Gasteiger partial charge in [-0.05, 0) is 51.2 Å². The quantitative estimate of drug-likeness (QED) is 0.385. The summed E-state index contributed by atoms with van der Waals surface area (Å²) in [5.74, 6) is 0.698. The molecule has 0 saturated heterocycles. The summed E-state index contributed by atoms with van der Waals surface area (Å²) in [4.78, 5) is 15.0. The molecule has 32 heavy (non-hydrogen) atoms. The molecule has 0 aliphatic rings. The Bertz CT molecular complexity index is 1060. The molecule has 1 amide bonds. The number of amides is 1. The smallest absolute Gasteiger partial charge is 0.237 e. The van der Waals surface area contributed by atoms with Crippen LogP contribution in [0.15, 0.2) is 53.7 Å². The summed E-state index contributed by atoms with van der Waals surface area (Å²) in [6, 6.07) is 15.3. The zero-order chi connectivity index (χ0) is 23.3. The fraction of sp³-hybridized carbons (Fsp3) is 0.348. The first-order valence-corrected chi connectivity index (χ1v) is 12.0. The van der Waals surface area contributed by atoms with Gasteiger partial charge in [-0.2, -0.15) is 0 Å². The first-order chi connectivity index (χ1) is 15.3. The van der Waals surface area contributed by atoms with Gasteiger partial charge in [-0.1, -0.05) is 72.2 Å². The van der Waals surface area contributed by atoms with Gasteiger partial charge in [-0.3, -0.25) is 9.69 Å². The Kier molecular flexibility index (Phi) is 8.59. The second-order valence-corrected chi connectivity index (χ2v) is 9.83. The number of rotatable bonds is 9. The normalized spacial score (nSPS) is 13.2. The van der Waals surface area contributed by atoms with E-state index in [9.17, 15) is 4.79 Å². The van der Waals surface area contributed by atoms with Crippen molar-refractivity contribution in [1.29, 1.82) is 0 Å². The number of hydrogen-bond donors (Lipinski definition) is 1. The lowest BCUT2D eigenvalue weighted by Gasteiger charge is -2.23. The Labute approximate surface area is 203 Å². The van der Waals surface area contributed by atoms with E-state index in [1.165, 1.54) is 11.8 Å². The molecule has 170 valence electrons. The molecule has 2 atom stereocenters. The molecule has 1 N–H and O–H groups in total. The third-order valence-corrected chi connectivity index (χ3v) is 6.72. The second-order valence-electron chi connectivity index (χ2n) is 7.67. The van der Waals surface area contributed by atoms with Crippen molar-refractivity contribution in [3.05, 3.63) is 70.0 Å². The van der Waals surface area contributed by atoms with Gasteiger partial charge in [-0.25, -0.2) is 0 Å². The molecule has 0 saturated carbocycles. The summed E-state index contributed by atoms with van der Waals surface area (Å²) in [6.45, 7) is 4.59. The second kappa shape index (κ2) is 11.2. The Morgan fingerprint density at radius 3 is 2.53 bits per heavy atom. The van der Waals surface area contributed by atoms with Crippen LogP contribution in [0.1, 0.15) is 37.7 Å². The minimum Gasteiger partial charge on any atom is -0.324 e. The van der Waals surface area contributed by atoms with Crippen LogP contribution < -0.4 is 5.32 Å². The summed E-state index contributed by atoms with van der Waals surface area (Å²) >= 11 is 13.6.